The molecule has 11 heteroatoms. The number of nitrogens with zero attached hydrogens (tertiary/aromatic N) is 1. The quantitative estimate of drug-likeness (QED) is 0.277. The first-order chi connectivity index (χ1) is 21.4. The maximum absolute atomic E-state index is 14.1. The van der Waals surface area contributed by atoms with Crippen LogP contribution in [0.25, 0.3) is 0 Å². The van der Waals surface area contributed by atoms with Crippen LogP contribution in [0.1, 0.15) is 78.4 Å². The molecule has 2 aromatic carbocycles. The van der Waals surface area contributed by atoms with Crippen LogP contribution in [-0.2, 0) is 36.9 Å². The minimum atomic E-state index is -1.17. The minimum Gasteiger partial charge on any atom is -0.489 e. The fourth-order valence-corrected chi connectivity index (χ4v) is 7.05. The summed E-state index contributed by atoms with van der Waals surface area (Å²) in [6.07, 6.45) is 2.14. The molecule has 1 heterocycles. The fourth-order valence-electron chi connectivity index (χ4n) is 6.54. The number of ether oxygens (including phenoxy) is 2. The van der Waals surface area contributed by atoms with Crippen molar-refractivity contribution in [3.05, 3.63) is 63.6 Å². The van der Waals surface area contributed by atoms with Crippen molar-refractivity contribution in [2.45, 2.75) is 97.9 Å². The maximum Gasteiger partial charge on any atom is 0.329 e. The van der Waals surface area contributed by atoms with Crippen LogP contribution in [0.4, 0.5) is 0 Å². The smallest absolute Gasteiger partial charge is 0.329 e. The first-order valence-electron chi connectivity index (χ1n) is 15.7. The highest BCUT2D eigenvalue weighted by Gasteiger charge is 2.60. The molecule has 2 aromatic rings. The molecule has 0 bridgehead atoms. The van der Waals surface area contributed by atoms with Crippen LogP contribution >= 0.6 is 23.2 Å². The fraction of sp³-hybridized carbons (Fsp3) is 0.543. The van der Waals surface area contributed by atoms with E-state index < -0.39 is 52.3 Å². The van der Waals surface area contributed by atoms with Gasteiger partial charge in [-0.05, 0) is 81.7 Å². The van der Waals surface area contributed by atoms with Crippen LogP contribution in [0.3, 0.4) is 0 Å². The van der Waals surface area contributed by atoms with Crippen LogP contribution in [0.15, 0.2) is 42.5 Å². The minimum absolute atomic E-state index is 0.0619. The van der Waals surface area contributed by atoms with E-state index in [-0.39, 0.29) is 18.9 Å². The van der Waals surface area contributed by atoms with Gasteiger partial charge in [-0.3, -0.25) is 9.59 Å². The van der Waals surface area contributed by atoms with Gasteiger partial charge in [0.25, 0.3) is 0 Å². The van der Waals surface area contributed by atoms with Crippen molar-refractivity contribution in [3.63, 3.8) is 0 Å². The summed E-state index contributed by atoms with van der Waals surface area (Å²) >= 11 is 12.4. The molecule has 1 aliphatic carbocycles. The number of carbonyl (C=O) groups is 4. The number of nitrogens with one attached hydrogen (secondary N) is 1. The third-order valence-electron chi connectivity index (χ3n) is 9.63. The summed E-state index contributed by atoms with van der Waals surface area (Å²) in [7, 11) is 0. The van der Waals surface area contributed by atoms with E-state index in [1.165, 1.54) is 0 Å². The van der Waals surface area contributed by atoms with E-state index in [2.05, 4.69) is 5.32 Å². The standard InChI is InChI=1S/C35H44Cl2N2O7/c1-33(2,3)46-31(43)28-11-8-18-39(28)32(44)35(6)17-16-24(34(35,4)5)29(40)38-27(30(41)42)19-21-12-14-22(15-13-21)45-20-23-25(36)9-7-10-26(23)37/h7,9-10,12-15,24,27-28H,8,11,16-20H2,1-6H3,(H,38,40)(H,41,42)/t24-,27+,28+,35+/m1/s1. The summed E-state index contributed by atoms with van der Waals surface area (Å²) in [5.74, 6) is -2.20. The van der Waals surface area contributed by atoms with Crippen LogP contribution in [0.2, 0.25) is 10.0 Å². The number of hydrogen-bond donors (Lipinski definition) is 2. The van der Waals surface area contributed by atoms with E-state index >= 15 is 0 Å². The Morgan fingerprint density at radius 3 is 2.24 bits per heavy atom. The van der Waals surface area contributed by atoms with Gasteiger partial charge in [0.15, 0.2) is 0 Å². The van der Waals surface area contributed by atoms with Gasteiger partial charge in [-0.15, -0.1) is 0 Å². The summed E-state index contributed by atoms with van der Waals surface area (Å²) in [4.78, 5) is 54.5. The predicted molar refractivity (Wildman–Crippen MR) is 176 cm³/mol. The Morgan fingerprint density at radius 1 is 1.02 bits per heavy atom. The van der Waals surface area contributed by atoms with Gasteiger partial charge in [-0.2, -0.15) is 0 Å². The lowest BCUT2D eigenvalue weighted by Crippen LogP contribution is -2.54. The number of aliphatic carboxylic acids is 1. The van der Waals surface area contributed by atoms with Crippen molar-refractivity contribution < 1.29 is 33.8 Å². The van der Waals surface area contributed by atoms with E-state index in [0.29, 0.717) is 59.1 Å². The Labute approximate surface area is 280 Å². The van der Waals surface area contributed by atoms with Gasteiger partial charge in [0.1, 0.15) is 30.0 Å². The Hall–Kier alpha value is -3.30. The number of esters is 1. The SMILES string of the molecule is CC(C)(C)OC(=O)[C@@H]1CCCN1C(=O)[C@]1(C)CC[C@H](C(=O)N[C@@H](Cc2ccc(OCc3c(Cl)cccc3Cl)cc2)C(=O)O)C1(C)C. The summed E-state index contributed by atoms with van der Waals surface area (Å²) in [6.45, 7) is 11.6. The predicted octanol–water partition coefficient (Wildman–Crippen LogP) is 6.46. The summed E-state index contributed by atoms with van der Waals surface area (Å²) in [5.41, 5.74) is -1.04. The Bertz CT molecular complexity index is 1450. The van der Waals surface area contributed by atoms with Crippen molar-refractivity contribution in [2.75, 3.05) is 6.54 Å². The average molecular weight is 676 g/mol. The van der Waals surface area contributed by atoms with Crippen molar-refractivity contribution in [1.82, 2.24) is 10.2 Å². The van der Waals surface area contributed by atoms with Crippen molar-refractivity contribution in [3.8, 4) is 5.75 Å². The van der Waals surface area contributed by atoms with E-state index in [4.69, 9.17) is 32.7 Å². The second-order valence-electron chi connectivity index (χ2n) is 14.1. The Morgan fingerprint density at radius 2 is 1.65 bits per heavy atom. The molecule has 1 saturated carbocycles. The second-order valence-corrected chi connectivity index (χ2v) is 14.9. The van der Waals surface area contributed by atoms with Gasteiger partial charge in [0, 0.05) is 34.5 Å². The lowest BCUT2D eigenvalue weighted by molar-refractivity contribution is -0.167. The molecule has 0 aromatic heterocycles. The number of carboxylic acids is 1. The van der Waals surface area contributed by atoms with Crippen LogP contribution in [0.5, 0.6) is 5.75 Å². The largest absolute Gasteiger partial charge is 0.489 e. The summed E-state index contributed by atoms with van der Waals surface area (Å²) in [5, 5.41) is 13.7. The normalized spacial score (nSPS) is 23.1. The van der Waals surface area contributed by atoms with Crippen LogP contribution < -0.4 is 10.1 Å². The number of carboxylic acid groups (broad SMARTS) is 1. The second kappa shape index (κ2) is 13.8. The lowest BCUT2D eigenvalue weighted by atomic mass is 9.64. The zero-order chi connectivity index (χ0) is 34.0. The van der Waals surface area contributed by atoms with Crippen LogP contribution in [0, 0.1) is 16.7 Å². The highest BCUT2D eigenvalue weighted by Crippen LogP contribution is 2.57. The molecule has 2 amide bonds. The maximum atomic E-state index is 14.1. The summed E-state index contributed by atoms with van der Waals surface area (Å²) < 4.78 is 11.4. The van der Waals surface area contributed by atoms with E-state index in [1.54, 1.807) is 68.1 Å². The zero-order valence-corrected chi connectivity index (χ0v) is 28.8. The number of hydrogen-bond acceptors (Lipinski definition) is 6. The third-order valence-corrected chi connectivity index (χ3v) is 10.3. The molecule has 4 rings (SSSR count). The Kier molecular flexibility index (Phi) is 10.7. The van der Waals surface area contributed by atoms with Gasteiger partial charge in [-0.25, -0.2) is 9.59 Å². The van der Waals surface area contributed by atoms with Gasteiger partial charge in [0.05, 0.1) is 5.41 Å². The molecule has 46 heavy (non-hydrogen) atoms. The monoisotopic (exact) mass is 674 g/mol. The molecule has 1 aliphatic heterocycles. The molecule has 0 unspecified atom stereocenters. The van der Waals surface area contributed by atoms with E-state index in [0.717, 1.165) is 0 Å². The number of halogens is 2. The van der Waals surface area contributed by atoms with Crippen LogP contribution in [-0.4, -0.2) is 58.0 Å². The molecule has 250 valence electrons. The lowest BCUT2D eigenvalue weighted by Gasteiger charge is -2.43. The zero-order valence-electron chi connectivity index (χ0n) is 27.3. The third kappa shape index (κ3) is 7.63. The average Bonchev–Trinajstić information content (AvgIpc) is 3.55. The van der Waals surface area contributed by atoms with Crippen molar-refractivity contribution in [2.24, 2.45) is 16.7 Å². The molecule has 2 aliphatic rings. The molecule has 1 saturated heterocycles. The molecule has 0 radical (unpaired) electrons. The molecule has 4 atom stereocenters. The first-order valence-corrected chi connectivity index (χ1v) is 16.4. The van der Waals surface area contributed by atoms with Gasteiger partial charge in [-0.1, -0.05) is 62.2 Å². The van der Waals surface area contributed by atoms with E-state index in [1.807, 2.05) is 20.8 Å². The number of benzene rings is 2. The highest BCUT2D eigenvalue weighted by atomic mass is 35.5. The molecular weight excluding hydrogens is 631 g/mol. The van der Waals surface area contributed by atoms with Gasteiger partial charge < -0.3 is 24.8 Å². The molecule has 9 nitrogen and oxygen atoms in total. The Balaban J connectivity index is 1.40. The number of amides is 2. The van der Waals surface area contributed by atoms with Gasteiger partial charge >= 0.3 is 11.9 Å². The topological polar surface area (TPSA) is 122 Å². The molecule has 2 N–H and O–H groups in total. The number of rotatable bonds is 10. The van der Waals surface area contributed by atoms with E-state index in [9.17, 15) is 24.3 Å². The molecule has 0 spiro atoms. The van der Waals surface area contributed by atoms with Crippen molar-refractivity contribution in [1.29, 1.82) is 0 Å². The molecular formula is C35H44Cl2N2O7. The number of carbonyl (C=O) groups excluding carboxylic acids is 3. The van der Waals surface area contributed by atoms with Crippen molar-refractivity contribution >= 4 is 47.0 Å². The molecule has 2 fully saturated rings. The first kappa shape index (κ1) is 35.6. The highest BCUT2D eigenvalue weighted by molar-refractivity contribution is 6.35. The summed E-state index contributed by atoms with van der Waals surface area (Å²) in [6, 6.07) is 10.3. The number of likely N-dealkylation sites (tertiary alicyclic amines) is 1. The van der Waals surface area contributed by atoms with Gasteiger partial charge in [0.2, 0.25) is 11.8 Å².